The first-order valence-electron chi connectivity index (χ1n) is 6.31. The first-order chi connectivity index (χ1) is 9.58. The van der Waals surface area contributed by atoms with Crippen molar-refractivity contribution >= 4 is 22.4 Å². The van der Waals surface area contributed by atoms with Gasteiger partial charge < -0.3 is 15.2 Å². The van der Waals surface area contributed by atoms with E-state index in [1.165, 1.54) is 11.3 Å². The summed E-state index contributed by atoms with van der Waals surface area (Å²) in [6.45, 7) is 4.38. The number of amides is 1. The van der Waals surface area contributed by atoms with Gasteiger partial charge in [0.05, 0.1) is 6.54 Å². The molecule has 108 valence electrons. The first-order valence-corrected chi connectivity index (χ1v) is 7.19. The van der Waals surface area contributed by atoms with Gasteiger partial charge in [-0.1, -0.05) is 19.0 Å². The standard InChI is InChI=1S/C12H17N5O2S/c1-7(2)4-10-16-9(17-19-10)5-14-11(18)8-6-20-12(13-3)15-8/h6-7H,4-5H2,1-3H3,(H,13,15)(H,14,18). The Balaban J connectivity index is 1.88. The minimum absolute atomic E-state index is 0.229. The quantitative estimate of drug-likeness (QED) is 0.842. The van der Waals surface area contributed by atoms with Gasteiger partial charge in [0.15, 0.2) is 11.0 Å². The minimum Gasteiger partial charge on any atom is -0.365 e. The van der Waals surface area contributed by atoms with Gasteiger partial charge in [0.1, 0.15) is 5.69 Å². The molecule has 2 aromatic heterocycles. The molecule has 2 N–H and O–H groups in total. The van der Waals surface area contributed by atoms with E-state index < -0.39 is 0 Å². The fraction of sp³-hybridized carbons (Fsp3) is 0.500. The summed E-state index contributed by atoms with van der Waals surface area (Å²) in [7, 11) is 1.76. The van der Waals surface area contributed by atoms with Gasteiger partial charge in [-0.2, -0.15) is 4.98 Å². The predicted octanol–water partition coefficient (Wildman–Crippen LogP) is 1.70. The van der Waals surface area contributed by atoms with Crippen molar-refractivity contribution in [1.82, 2.24) is 20.4 Å². The second kappa shape index (κ2) is 6.47. The first kappa shape index (κ1) is 14.4. The molecular weight excluding hydrogens is 278 g/mol. The van der Waals surface area contributed by atoms with Crippen molar-refractivity contribution in [3.05, 3.63) is 22.8 Å². The maximum absolute atomic E-state index is 11.9. The lowest BCUT2D eigenvalue weighted by Gasteiger charge is -1.98. The molecule has 2 rings (SSSR count). The molecule has 0 aliphatic carbocycles. The Hall–Kier alpha value is -1.96. The van der Waals surface area contributed by atoms with Gasteiger partial charge in [-0.25, -0.2) is 4.98 Å². The van der Waals surface area contributed by atoms with Crippen molar-refractivity contribution in [1.29, 1.82) is 0 Å². The summed E-state index contributed by atoms with van der Waals surface area (Å²) in [4.78, 5) is 20.2. The second-order valence-electron chi connectivity index (χ2n) is 4.67. The zero-order valence-corrected chi connectivity index (χ0v) is 12.5. The van der Waals surface area contributed by atoms with Crippen molar-refractivity contribution in [2.24, 2.45) is 5.92 Å². The average Bonchev–Trinajstić information content (AvgIpc) is 3.04. The molecular formula is C12H17N5O2S. The Morgan fingerprint density at radius 2 is 2.25 bits per heavy atom. The van der Waals surface area contributed by atoms with Crippen molar-refractivity contribution in [3.63, 3.8) is 0 Å². The monoisotopic (exact) mass is 295 g/mol. The van der Waals surface area contributed by atoms with Crippen LogP contribution in [0.5, 0.6) is 0 Å². The van der Waals surface area contributed by atoms with Crippen LogP contribution in [0.1, 0.15) is 36.1 Å². The van der Waals surface area contributed by atoms with Gasteiger partial charge in [-0.3, -0.25) is 4.79 Å². The van der Waals surface area contributed by atoms with E-state index in [4.69, 9.17) is 4.52 Å². The van der Waals surface area contributed by atoms with Crippen LogP contribution in [0.3, 0.4) is 0 Å². The third-order valence-electron chi connectivity index (χ3n) is 2.45. The van der Waals surface area contributed by atoms with Crippen LogP contribution in [0.25, 0.3) is 0 Å². The SMILES string of the molecule is CNc1nc(C(=O)NCc2noc(CC(C)C)n2)cs1. The molecule has 0 aliphatic heterocycles. The lowest BCUT2D eigenvalue weighted by atomic mass is 10.1. The molecule has 20 heavy (non-hydrogen) atoms. The number of nitrogens with one attached hydrogen (secondary N) is 2. The molecule has 1 amide bonds. The molecule has 0 saturated carbocycles. The zero-order valence-electron chi connectivity index (χ0n) is 11.6. The van der Waals surface area contributed by atoms with E-state index >= 15 is 0 Å². The Labute approximate surface area is 120 Å². The number of rotatable bonds is 6. The predicted molar refractivity (Wildman–Crippen MR) is 75.7 cm³/mol. The number of carbonyl (C=O) groups excluding carboxylic acids is 1. The molecule has 7 nitrogen and oxygen atoms in total. The van der Waals surface area contributed by atoms with Crippen molar-refractivity contribution in [3.8, 4) is 0 Å². The van der Waals surface area contributed by atoms with Crippen molar-refractivity contribution in [2.45, 2.75) is 26.8 Å². The molecule has 0 fully saturated rings. The summed E-state index contributed by atoms with van der Waals surface area (Å²) < 4.78 is 5.10. The largest absolute Gasteiger partial charge is 0.365 e. The Morgan fingerprint density at radius 1 is 1.45 bits per heavy atom. The highest BCUT2D eigenvalue weighted by atomic mass is 32.1. The summed E-state index contributed by atoms with van der Waals surface area (Å²) in [5.74, 6) is 1.26. The molecule has 8 heteroatoms. The highest BCUT2D eigenvalue weighted by molar-refractivity contribution is 7.13. The van der Waals surface area contributed by atoms with Gasteiger partial charge >= 0.3 is 0 Å². The number of hydrogen-bond donors (Lipinski definition) is 2. The van der Waals surface area contributed by atoms with Gasteiger partial charge in [0, 0.05) is 18.8 Å². The number of thiazole rings is 1. The highest BCUT2D eigenvalue weighted by Crippen LogP contribution is 2.14. The molecule has 0 unspecified atom stereocenters. The number of carbonyl (C=O) groups is 1. The molecule has 0 atom stereocenters. The van der Waals surface area contributed by atoms with Crippen LogP contribution in [-0.4, -0.2) is 28.1 Å². The van der Waals surface area contributed by atoms with Crippen molar-refractivity contribution < 1.29 is 9.32 Å². The van der Waals surface area contributed by atoms with Crippen LogP contribution in [0, 0.1) is 5.92 Å². The number of nitrogens with zero attached hydrogens (tertiary/aromatic N) is 3. The highest BCUT2D eigenvalue weighted by Gasteiger charge is 2.12. The summed E-state index contributed by atoms with van der Waals surface area (Å²) in [6, 6.07) is 0. The normalized spacial score (nSPS) is 10.8. The molecule has 2 heterocycles. The van der Waals surface area contributed by atoms with Gasteiger partial charge in [0.25, 0.3) is 5.91 Å². The maximum atomic E-state index is 11.9. The van der Waals surface area contributed by atoms with E-state index in [-0.39, 0.29) is 12.5 Å². The van der Waals surface area contributed by atoms with E-state index in [0.717, 1.165) is 6.42 Å². The molecule has 2 aromatic rings. The van der Waals surface area contributed by atoms with Crippen LogP contribution in [-0.2, 0) is 13.0 Å². The van der Waals surface area contributed by atoms with Gasteiger partial charge in [0.2, 0.25) is 5.89 Å². The minimum atomic E-state index is -0.252. The zero-order chi connectivity index (χ0) is 14.5. The maximum Gasteiger partial charge on any atom is 0.271 e. The number of hydrogen-bond acceptors (Lipinski definition) is 7. The smallest absolute Gasteiger partial charge is 0.271 e. The summed E-state index contributed by atoms with van der Waals surface area (Å²) in [5, 5.41) is 11.8. The second-order valence-corrected chi connectivity index (χ2v) is 5.53. The third-order valence-corrected chi connectivity index (χ3v) is 3.31. The van der Waals surface area contributed by atoms with Crippen LogP contribution >= 0.6 is 11.3 Å². The van der Waals surface area contributed by atoms with Gasteiger partial charge in [-0.05, 0) is 5.92 Å². The molecule has 0 aliphatic rings. The Bertz CT molecular complexity index is 578. The number of anilines is 1. The molecule has 0 saturated heterocycles. The van der Waals surface area contributed by atoms with Gasteiger partial charge in [-0.15, -0.1) is 11.3 Å². The lowest BCUT2D eigenvalue weighted by molar-refractivity contribution is 0.0945. The Kier molecular flexibility index (Phi) is 4.67. The van der Waals surface area contributed by atoms with E-state index in [1.807, 2.05) is 0 Å². The molecule has 0 radical (unpaired) electrons. The van der Waals surface area contributed by atoms with E-state index in [2.05, 4.69) is 39.6 Å². The summed E-state index contributed by atoms with van der Waals surface area (Å²) in [6.07, 6.45) is 0.735. The molecule has 0 aromatic carbocycles. The fourth-order valence-electron chi connectivity index (χ4n) is 1.54. The topological polar surface area (TPSA) is 92.9 Å². The molecule has 0 spiro atoms. The van der Waals surface area contributed by atoms with E-state index in [1.54, 1.807) is 12.4 Å². The van der Waals surface area contributed by atoms with Crippen LogP contribution in [0.4, 0.5) is 5.13 Å². The molecule has 0 bridgehead atoms. The van der Waals surface area contributed by atoms with Crippen molar-refractivity contribution in [2.75, 3.05) is 12.4 Å². The van der Waals surface area contributed by atoms with Crippen LogP contribution in [0.2, 0.25) is 0 Å². The van der Waals surface area contributed by atoms with Crippen LogP contribution in [0.15, 0.2) is 9.90 Å². The summed E-state index contributed by atoms with van der Waals surface area (Å²) in [5.41, 5.74) is 0.380. The number of aromatic nitrogens is 3. The third kappa shape index (κ3) is 3.77. The van der Waals surface area contributed by atoms with E-state index in [9.17, 15) is 4.79 Å². The average molecular weight is 295 g/mol. The van der Waals surface area contributed by atoms with E-state index in [0.29, 0.717) is 28.5 Å². The lowest BCUT2D eigenvalue weighted by Crippen LogP contribution is -2.23. The fourth-order valence-corrected chi connectivity index (χ4v) is 2.19. The summed E-state index contributed by atoms with van der Waals surface area (Å²) >= 11 is 1.38. The Morgan fingerprint density at radius 3 is 2.90 bits per heavy atom. The van der Waals surface area contributed by atoms with Crippen LogP contribution < -0.4 is 10.6 Å².